The Bertz CT molecular complexity index is 835. The second kappa shape index (κ2) is 9.33. The third-order valence-corrected chi connectivity index (χ3v) is 6.03. The van der Waals surface area contributed by atoms with Crippen LogP contribution in [0.5, 0.6) is 5.75 Å². The molecule has 1 N–H and O–H groups in total. The molecule has 0 aliphatic carbocycles. The van der Waals surface area contributed by atoms with Gasteiger partial charge in [0.1, 0.15) is 11.9 Å². The van der Waals surface area contributed by atoms with Gasteiger partial charge in [0.25, 0.3) is 0 Å². The summed E-state index contributed by atoms with van der Waals surface area (Å²) in [6.07, 6.45) is -0.578. The molecule has 0 saturated heterocycles. The van der Waals surface area contributed by atoms with Gasteiger partial charge in [0, 0.05) is 11.0 Å². The lowest BCUT2D eigenvalue weighted by atomic mass is 10.2. The molecule has 0 amide bonds. The first-order valence-corrected chi connectivity index (χ1v) is 10.8. The average molecular weight is 489 g/mol. The van der Waals surface area contributed by atoms with Gasteiger partial charge in [-0.1, -0.05) is 40.3 Å². The van der Waals surface area contributed by atoms with Crippen molar-refractivity contribution in [2.45, 2.75) is 17.9 Å². The van der Waals surface area contributed by atoms with Crippen LogP contribution in [0, 0.1) is 6.92 Å². The van der Waals surface area contributed by atoms with Crippen molar-refractivity contribution in [2.24, 2.45) is 0 Å². The maximum Gasteiger partial charge on any atom is 0.338 e. The van der Waals surface area contributed by atoms with Crippen molar-refractivity contribution in [3.63, 3.8) is 0 Å². The summed E-state index contributed by atoms with van der Waals surface area (Å²) in [5.41, 5.74) is 1.35. The molecule has 2 aromatic carbocycles. The lowest BCUT2D eigenvalue weighted by Crippen LogP contribution is -2.35. The zero-order valence-electron chi connectivity index (χ0n) is 14.4. The largest absolute Gasteiger partial charge is 0.497 e. The highest BCUT2D eigenvalue weighted by atomic mass is 127. The van der Waals surface area contributed by atoms with E-state index in [1.807, 2.05) is 6.92 Å². The Balaban J connectivity index is 1.97. The number of hydrogen-bond acceptors (Lipinski definition) is 5. The Kier molecular flexibility index (Phi) is 7.42. The Hall–Kier alpha value is -1.65. The highest BCUT2D eigenvalue weighted by Gasteiger charge is 2.20. The molecule has 2 aromatic rings. The van der Waals surface area contributed by atoms with Gasteiger partial charge in [-0.3, -0.25) is 0 Å². The predicted molar refractivity (Wildman–Crippen MR) is 107 cm³/mol. The molecule has 8 heteroatoms. The van der Waals surface area contributed by atoms with Crippen molar-refractivity contribution in [1.29, 1.82) is 0 Å². The van der Waals surface area contributed by atoms with E-state index in [0.29, 0.717) is 15.7 Å². The van der Waals surface area contributed by atoms with Crippen LogP contribution in [-0.4, -0.2) is 38.6 Å². The number of halogens is 1. The minimum atomic E-state index is -3.65. The van der Waals surface area contributed by atoms with Crippen LogP contribution in [0.1, 0.15) is 15.9 Å². The SMILES string of the molecule is COc1ccc(C(=O)OC(CI)CNS(=O)(=O)c2ccc(C)cc2)cc1. The second-order valence-corrected chi connectivity index (χ2v) is 8.22. The van der Waals surface area contributed by atoms with Crippen molar-refractivity contribution in [3.05, 3.63) is 59.7 Å². The van der Waals surface area contributed by atoms with Gasteiger partial charge in [-0.25, -0.2) is 17.9 Å². The maximum atomic E-state index is 12.3. The molecule has 1 unspecified atom stereocenters. The molecule has 0 aromatic heterocycles. The number of nitrogens with one attached hydrogen (secondary N) is 1. The van der Waals surface area contributed by atoms with Gasteiger partial charge in [0.05, 0.1) is 17.6 Å². The first-order valence-electron chi connectivity index (χ1n) is 7.83. The van der Waals surface area contributed by atoms with E-state index in [1.54, 1.807) is 55.6 Å². The molecule has 140 valence electrons. The second-order valence-electron chi connectivity index (χ2n) is 5.58. The molecule has 0 fully saturated rings. The third-order valence-electron chi connectivity index (χ3n) is 3.60. The summed E-state index contributed by atoms with van der Waals surface area (Å²) in [5.74, 6) is 0.127. The van der Waals surface area contributed by atoms with E-state index in [2.05, 4.69) is 27.3 Å². The molecule has 0 saturated carbocycles. The number of benzene rings is 2. The minimum absolute atomic E-state index is 0.00104. The number of alkyl halides is 1. The molecule has 0 spiro atoms. The summed E-state index contributed by atoms with van der Waals surface area (Å²) in [4.78, 5) is 12.4. The number of hydrogen-bond donors (Lipinski definition) is 1. The van der Waals surface area contributed by atoms with E-state index in [-0.39, 0.29) is 11.4 Å². The third kappa shape index (κ3) is 5.68. The summed E-state index contributed by atoms with van der Waals surface area (Å²) >= 11 is 2.05. The minimum Gasteiger partial charge on any atom is -0.497 e. The fourth-order valence-electron chi connectivity index (χ4n) is 2.08. The van der Waals surface area contributed by atoms with Crippen LogP contribution in [0.3, 0.4) is 0 Å². The summed E-state index contributed by atoms with van der Waals surface area (Å²) in [6, 6.07) is 13.1. The van der Waals surface area contributed by atoms with Crippen molar-refractivity contribution in [3.8, 4) is 5.75 Å². The Morgan fingerprint density at radius 3 is 2.27 bits per heavy atom. The van der Waals surface area contributed by atoms with Crippen LogP contribution >= 0.6 is 22.6 Å². The van der Waals surface area contributed by atoms with Gasteiger partial charge >= 0.3 is 5.97 Å². The van der Waals surface area contributed by atoms with Crippen molar-refractivity contribution in [2.75, 3.05) is 18.1 Å². The zero-order valence-corrected chi connectivity index (χ0v) is 17.4. The van der Waals surface area contributed by atoms with Gasteiger partial charge in [0.15, 0.2) is 0 Å². The number of ether oxygens (including phenoxy) is 2. The van der Waals surface area contributed by atoms with Crippen LogP contribution < -0.4 is 9.46 Å². The lowest BCUT2D eigenvalue weighted by Gasteiger charge is -2.16. The van der Waals surface area contributed by atoms with Crippen LogP contribution in [-0.2, 0) is 14.8 Å². The lowest BCUT2D eigenvalue weighted by molar-refractivity contribution is 0.0366. The molecular weight excluding hydrogens is 469 g/mol. The molecule has 0 heterocycles. The Morgan fingerprint density at radius 1 is 1.12 bits per heavy atom. The van der Waals surface area contributed by atoms with E-state index in [4.69, 9.17) is 9.47 Å². The topological polar surface area (TPSA) is 81.7 Å². The molecule has 0 aliphatic rings. The van der Waals surface area contributed by atoms with Gasteiger partial charge < -0.3 is 9.47 Å². The standard InChI is InChI=1S/C18H20INO5S/c1-13-3-9-17(10-4-13)26(22,23)20-12-16(11-19)25-18(21)14-5-7-15(24-2)8-6-14/h3-10,16,20H,11-12H2,1-2H3. The number of esters is 1. The zero-order chi connectivity index (χ0) is 19.2. The summed E-state index contributed by atoms with van der Waals surface area (Å²) < 4.78 is 38.0. The van der Waals surface area contributed by atoms with Gasteiger partial charge in [-0.05, 0) is 43.3 Å². The quantitative estimate of drug-likeness (QED) is 0.351. The molecule has 26 heavy (non-hydrogen) atoms. The first-order chi connectivity index (χ1) is 12.4. The highest BCUT2D eigenvalue weighted by Crippen LogP contribution is 2.14. The normalized spacial score (nSPS) is 12.4. The number of rotatable bonds is 8. The van der Waals surface area contributed by atoms with Crippen molar-refractivity contribution in [1.82, 2.24) is 4.72 Å². The van der Waals surface area contributed by atoms with E-state index in [1.165, 1.54) is 0 Å². The monoisotopic (exact) mass is 489 g/mol. The highest BCUT2D eigenvalue weighted by molar-refractivity contribution is 14.1. The molecule has 0 radical (unpaired) electrons. The molecule has 0 aliphatic heterocycles. The Labute approximate surface area is 167 Å². The van der Waals surface area contributed by atoms with E-state index >= 15 is 0 Å². The predicted octanol–water partition coefficient (Wildman–Crippen LogP) is 2.94. The summed E-state index contributed by atoms with van der Waals surface area (Å²) in [6.45, 7) is 1.88. The fraction of sp³-hybridized carbons (Fsp3) is 0.278. The van der Waals surface area contributed by atoms with E-state index < -0.39 is 22.1 Å². The smallest absolute Gasteiger partial charge is 0.338 e. The summed E-state index contributed by atoms with van der Waals surface area (Å²) in [7, 11) is -2.11. The van der Waals surface area contributed by atoms with Crippen LogP contribution in [0.15, 0.2) is 53.4 Å². The van der Waals surface area contributed by atoms with Crippen LogP contribution in [0.25, 0.3) is 0 Å². The Morgan fingerprint density at radius 2 is 1.73 bits per heavy atom. The van der Waals surface area contributed by atoms with Crippen LogP contribution in [0.4, 0.5) is 0 Å². The molecule has 1 atom stereocenters. The fourth-order valence-corrected chi connectivity index (χ4v) is 3.64. The number of sulfonamides is 1. The van der Waals surface area contributed by atoms with Crippen LogP contribution in [0.2, 0.25) is 0 Å². The van der Waals surface area contributed by atoms with Gasteiger partial charge in [-0.15, -0.1) is 0 Å². The van der Waals surface area contributed by atoms with Gasteiger partial charge in [0.2, 0.25) is 10.0 Å². The molecular formula is C18H20INO5S. The van der Waals surface area contributed by atoms with E-state index in [9.17, 15) is 13.2 Å². The molecule has 2 rings (SSSR count). The summed E-state index contributed by atoms with van der Waals surface area (Å²) in [5, 5.41) is 0. The number of methoxy groups -OCH3 is 1. The van der Waals surface area contributed by atoms with E-state index in [0.717, 1.165) is 5.56 Å². The maximum absolute atomic E-state index is 12.3. The first kappa shape index (κ1) is 20.7. The van der Waals surface area contributed by atoms with Gasteiger partial charge in [-0.2, -0.15) is 0 Å². The number of carbonyl (C=O) groups excluding carboxylic acids is 1. The van der Waals surface area contributed by atoms with Crippen molar-refractivity contribution >= 4 is 38.6 Å². The van der Waals surface area contributed by atoms with Crippen molar-refractivity contribution < 1.29 is 22.7 Å². The molecule has 0 bridgehead atoms. The number of carbonyl (C=O) groups is 1. The molecule has 6 nitrogen and oxygen atoms in total. The average Bonchev–Trinajstić information content (AvgIpc) is 2.65. The number of aryl methyl sites for hydroxylation is 1.